The smallest absolute Gasteiger partial charge is 0.216 e. The van der Waals surface area contributed by atoms with Crippen molar-refractivity contribution in [2.75, 3.05) is 0 Å². The molecule has 0 bridgehead atoms. The molecule has 0 saturated carbocycles. The largest absolute Gasteiger partial charge is 0.486 e. The third kappa shape index (κ3) is 10.2. The quantitative estimate of drug-likeness (QED) is 0.159. The molecule has 0 fully saturated rings. The zero-order valence-corrected chi connectivity index (χ0v) is 39.5. The molecule has 0 N–H and O–H groups in total. The molecule has 0 unspecified atom stereocenters. The third-order valence-corrected chi connectivity index (χ3v) is 9.98. The van der Waals surface area contributed by atoms with E-state index in [-0.39, 0.29) is 36.5 Å². The molecule has 0 spiro atoms. The Morgan fingerprint density at radius 1 is 0.705 bits per heavy atom. The van der Waals surface area contributed by atoms with Gasteiger partial charge in [-0.2, -0.15) is 0 Å². The van der Waals surface area contributed by atoms with Crippen LogP contribution in [-0.4, -0.2) is 29.9 Å². The van der Waals surface area contributed by atoms with Crippen LogP contribution in [0.3, 0.4) is 0 Å². The van der Waals surface area contributed by atoms with Crippen molar-refractivity contribution in [1.29, 1.82) is 0 Å². The molecule has 61 heavy (non-hydrogen) atoms. The molecule has 8 rings (SSSR count). The zero-order valence-electron chi connectivity index (χ0n) is 42.1. The number of aryl methyl sites for hydroxylation is 4. The van der Waals surface area contributed by atoms with Crippen LogP contribution in [0.5, 0.6) is 0 Å². The summed E-state index contributed by atoms with van der Waals surface area (Å²) in [4.78, 5) is 28.3. The molecule has 315 valence electrons. The second-order valence-corrected chi connectivity index (χ2v) is 18.5. The molecule has 5 heterocycles. The number of benzene rings is 3. The van der Waals surface area contributed by atoms with E-state index < -0.39 is 18.6 Å². The minimum absolute atomic E-state index is 0. The van der Waals surface area contributed by atoms with Crippen LogP contribution >= 0.6 is 0 Å². The van der Waals surface area contributed by atoms with Gasteiger partial charge >= 0.3 is 0 Å². The van der Waals surface area contributed by atoms with Crippen LogP contribution in [0.1, 0.15) is 109 Å². The number of fused-ring (bicyclic) bond motifs is 3. The van der Waals surface area contributed by atoms with Crippen molar-refractivity contribution in [3.05, 3.63) is 143 Å². The summed E-state index contributed by atoms with van der Waals surface area (Å²) in [6, 6.07) is 28.9. The fourth-order valence-corrected chi connectivity index (χ4v) is 7.03. The van der Waals surface area contributed by atoms with E-state index in [0.29, 0.717) is 28.4 Å². The molecule has 5 aromatic heterocycles. The van der Waals surface area contributed by atoms with Crippen LogP contribution in [0, 0.1) is 45.2 Å². The standard InChI is InChI=1S/C36H36N5O.C17H20N.Ir/c1-20-16-23(31-39-33(35(4,5)6)41-34(40-31)36(7,8)9)17-21(2)29(20)27-18-28(38-19-22(27)3)26-13-10-12-24-25-14-11-15-37-32(25)42-30(24)26;1-13-5-8-15(9-6-13)16-10-7-14(12-18-16)11-17(2,3)4;/h10-12,14-19H,1-9H3;5-8,10,12H,11H2,1-4H3;/q2*-1;/i;1D3,11D2;. The summed E-state index contributed by atoms with van der Waals surface area (Å²) < 4.78 is 44.8. The van der Waals surface area contributed by atoms with Gasteiger partial charge in [0.1, 0.15) is 11.6 Å². The molecule has 8 heteroatoms. The molecule has 3 aromatic carbocycles. The summed E-state index contributed by atoms with van der Waals surface area (Å²) in [5, 5.41) is 1.99. The molecular weight excluding hydrogens is 929 g/mol. The first-order valence-corrected chi connectivity index (χ1v) is 20.3. The Kier molecular flexibility index (Phi) is 11.0. The van der Waals surface area contributed by atoms with Crippen molar-refractivity contribution in [3.63, 3.8) is 0 Å². The van der Waals surface area contributed by atoms with Crippen molar-refractivity contribution >= 4 is 22.1 Å². The van der Waals surface area contributed by atoms with Crippen molar-refractivity contribution in [3.8, 4) is 45.0 Å². The summed E-state index contributed by atoms with van der Waals surface area (Å²) in [5.74, 6) is 2.32. The number of furan rings is 1. The van der Waals surface area contributed by atoms with Gasteiger partial charge in [0.2, 0.25) is 5.71 Å². The molecule has 0 aliphatic heterocycles. The van der Waals surface area contributed by atoms with Gasteiger partial charge < -0.3 is 14.4 Å². The Hall–Kier alpha value is -5.43. The summed E-state index contributed by atoms with van der Waals surface area (Å²) >= 11 is 0. The van der Waals surface area contributed by atoms with Crippen LogP contribution in [0.4, 0.5) is 0 Å². The second-order valence-electron chi connectivity index (χ2n) is 18.5. The molecule has 0 amide bonds. The maximum atomic E-state index is 8.25. The van der Waals surface area contributed by atoms with Gasteiger partial charge in [0.15, 0.2) is 5.82 Å². The van der Waals surface area contributed by atoms with E-state index in [1.807, 2.05) is 51.2 Å². The van der Waals surface area contributed by atoms with Gasteiger partial charge in [-0.25, -0.2) is 19.9 Å². The number of hydrogen-bond donors (Lipinski definition) is 0. The van der Waals surface area contributed by atoms with Crippen molar-refractivity contribution in [2.45, 2.75) is 107 Å². The fourth-order valence-electron chi connectivity index (χ4n) is 7.03. The predicted octanol–water partition coefficient (Wildman–Crippen LogP) is 13.3. The van der Waals surface area contributed by atoms with Crippen LogP contribution in [0.25, 0.3) is 67.1 Å². The first-order valence-electron chi connectivity index (χ1n) is 22.8. The number of hydrogen-bond acceptors (Lipinski definition) is 7. The molecule has 0 atom stereocenters. The molecule has 7 nitrogen and oxygen atoms in total. The summed E-state index contributed by atoms with van der Waals surface area (Å²) in [6.07, 6.45) is 3.72. The van der Waals surface area contributed by atoms with Gasteiger partial charge in [-0.3, -0.25) is 0 Å². The van der Waals surface area contributed by atoms with Crippen LogP contribution in [0.15, 0.2) is 95.8 Å². The van der Waals surface area contributed by atoms with Crippen molar-refractivity contribution in [2.24, 2.45) is 5.41 Å². The summed E-state index contributed by atoms with van der Waals surface area (Å²) in [5.41, 5.74) is 10.8. The number of pyridine rings is 3. The molecule has 8 aromatic rings. The SMILES string of the molecule is Cc1cnc(-c2[c-]ccc3c2oc2ncccc23)cc1-c1c(C)cc(-c2nc(C(C)(C)C)nc(C(C)(C)C)n2)cc1C.[2H]C([2H])([2H])c1c[c-]c(-c2ccc(C([2H])([2H])C(C)(C)C)cn2)cc1.[Ir]. The average Bonchev–Trinajstić information content (AvgIpc) is 3.62. The van der Waals surface area contributed by atoms with E-state index in [0.717, 1.165) is 67.1 Å². The van der Waals surface area contributed by atoms with Gasteiger partial charge in [0, 0.05) is 67.3 Å². The fraction of sp³-hybridized carbons (Fsp3) is 0.321. The topological polar surface area (TPSA) is 90.5 Å². The minimum Gasteiger partial charge on any atom is -0.486 e. The van der Waals surface area contributed by atoms with Crippen LogP contribution in [0.2, 0.25) is 0 Å². The maximum absolute atomic E-state index is 8.25. The van der Waals surface area contributed by atoms with E-state index in [9.17, 15) is 0 Å². The van der Waals surface area contributed by atoms with Gasteiger partial charge in [-0.15, -0.1) is 53.6 Å². The Morgan fingerprint density at radius 2 is 1.39 bits per heavy atom. The summed E-state index contributed by atoms with van der Waals surface area (Å²) in [6.45, 7) is 22.7. The van der Waals surface area contributed by atoms with E-state index in [1.165, 1.54) is 17.8 Å². The van der Waals surface area contributed by atoms with E-state index in [2.05, 4.69) is 103 Å². The van der Waals surface area contributed by atoms with Gasteiger partial charge in [-0.05, 0) is 102 Å². The Balaban J connectivity index is 0.000000255. The minimum atomic E-state index is -2.14. The maximum Gasteiger partial charge on any atom is 0.216 e. The number of nitrogens with zero attached hydrogens (tertiary/aromatic N) is 6. The normalized spacial score (nSPS) is 13.6. The van der Waals surface area contributed by atoms with Gasteiger partial charge in [0.05, 0.1) is 5.58 Å². The van der Waals surface area contributed by atoms with Gasteiger partial charge in [-0.1, -0.05) is 98.3 Å². The monoisotopic (exact) mass is 990 g/mol. The first kappa shape index (κ1) is 38.5. The Bertz CT molecular complexity index is 2980. The van der Waals surface area contributed by atoms with E-state index in [1.54, 1.807) is 30.5 Å². The van der Waals surface area contributed by atoms with Crippen molar-refractivity contribution < 1.29 is 31.4 Å². The number of aromatic nitrogens is 6. The summed E-state index contributed by atoms with van der Waals surface area (Å²) in [7, 11) is 0. The first-order chi connectivity index (χ1) is 30.2. The van der Waals surface area contributed by atoms with Gasteiger partial charge in [0.25, 0.3) is 0 Å². The predicted molar refractivity (Wildman–Crippen MR) is 246 cm³/mol. The zero-order chi connectivity index (χ0) is 47.4. The van der Waals surface area contributed by atoms with E-state index >= 15 is 0 Å². The van der Waals surface area contributed by atoms with Crippen LogP contribution in [-0.2, 0) is 37.3 Å². The Morgan fingerprint density at radius 3 is 1.98 bits per heavy atom. The second kappa shape index (κ2) is 17.5. The van der Waals surface area contributed by atoms with E-state index in [4.69, 9.17) is 31.2 Å². The molecule has 0 aliphatic carbocycles. The molecule has 1 radical (unpaired) electrons. The number of rotatable bonds is 5. The van der Waals surface area contributed by atoms with Crippen LogP contribution < -0.4 is 0 Å². The molecule has 0 saturated heterocycles. The Labute approximate surface area is 382 Å². The average molecular weight is 990 g/mol. The third-order valence-electron chi connectivity index (χ3n) is 9.98. The van der Waals surface area contributed by atoms with Crippen molar-refractivity contribution in [1.82, 2.24) is 29.9 Å². The molecular formula is C53H56IrN6O-2. The molecule has 0 aliphatic rings.